The lowest BCUT2D eigenvalue weighted by Crippen LogP contribution is -2.28. The maximum atomic E-state index is 9.74. The highest BCUT2D eigenvalue weighted by molar-refractivity contribution is 5.90. The van der Waals surface area contributed by atoms with E-state index in [4.69, 9.17) is 0 Å². The number of nitrogens with zero attached hydrogens (tertiary/aromatic N) is 3. The van der Waals surface area contributed by atoms with Gasteiger partial charge in [0.25, 0.3) is 0 Å². The van der Waals surface area contributed by atoms with Crippen molar-refractivity contribution in [3.63, 3.8) is 0 Å². The Bertz CT molecular complexity index is 1430. The highest BCUT2D eigenvalue weighted by Crippen LogP contribution is 2.31. The molecule has 3 N–H and O–H groups in total. The number of nitrogens with one attached hydrogen (secondary N) is 3. The molecular formula is C31H34N6. The first-order chi connectivity index (χ1) is 18.1. The van der Waals surface area contributed by atoms with Gasteiger partial charge in [0.2, 0.25) is 0 Å². The lowest BCUT2D eigenvalue weighted by Gasteiger charge is -2.19. The number of aromatic nitrogens is 2. The molecule has 1 unspecified atom stereocenters. The molecule has 3 heterocycles. The van der Waals surface area contributed by atoms with Crippen molar-refractivity contribution < 1.29 is 0 Å². The van der Waals surface area contributed by atoms with Gasteiger partial charge < -0.3 is 20.5 Å². The summed E-state index contributed by atoms with van der Waals surface area (Å²) in [5.74, 6) is 0. The first-order valence-corrected chi connectivity index (χ1v) is 13.0. The van der Waals surface area contributed by atoms with E-state index in [2.05, 4.69) is 88.0 Å². The van der Waals surface area contributed by atoms with Crippen LogP contribution in [-0.4, -0.2) is 41.0 Å². The second-order valence-corrected chi connectivity index (χ2v) is 9.88. The van der Waals surface area contributed by atoms with Crippen molar-refractivity contribution in [3.05, 3.63) is 88.9 Å². The molecule has 4 aromatic rings. The summed E-state index contributed by atoms with van der Waals surface area (Å²) in [7, 11) is 2.24. The zero-order chi connectivity index (χ0) is 25.6. The van der Waals surface area contributed by atoms with Crippen LogP contribution in [0.3, 0.4) is 0 Å². The molecule has 0 radical (unpaired) electrons. The maximum Gasteiger partial charge on any atom is 0.103 e. The van der Waals surface area contributed by atoms with Gasteiger partial charge in [-0.25, -0.2) is 0 Å². The lowest BCUT2D eigenvalue weighted by atomic mass is 10.1. The van der Waals surface area contributed by atoms with E-state index in [1.807, 2.05) is 18.3 Å². The van der Waals surface area contributed by atoms with Gasteiger partial charge in [0.15, 0.2) is 0 Å². The third-order valence-corrected chi connectivity index (χ3v) is 7.45. The van der Waals surface area contributed by atoms with Crippen LogP contribution in [0.4, 0.5) is 11.4 Å². The van der Waals surface area contributed by atoms with Crippen LogP contribution in [0.2, 0.25) is 0 Å². The summed E-state index contributed by atoms with van der Waals surface area (Å²) in [6.45, 7) is 5.25. The van der Waals surface area contributed by atoms with E-state index in [1.54, 1.807) is 12.4 Å². The number of benzene rings is 2. The number of likely N-dealkylation sites (tertiary alicyclic amines) is 1. The Labute approximate surface area is 219 Å². The fourth-order valence-corrected chi connectivity index (χ4v) is 5.16. The number of pyridine rings is 1. The molecule has 0 spiro atoms. The second kappa shape index (κ2) is 11.4. The van der Waals surface area contributed by atoms with Crippen LogP contribution < -0.4 is 10.6 Å². The van der Waals surface area contributed by atoms with Crippen molar-refractivity contribution in [2.75, 3.05) is 25.5 Å². The predicted octanol–water partition coefficient (Wildman–Crippen LogP) is 6.23. The second-order valence-electron chi connectivity index (χ2n) is 9.88. The topological polar surface area (TPSA) is 79.8 Å². The van der Waals surface area contributed by atoms with Crippen molar-refractivity contribution in [2.45, 2.75) is 38.8 Å². The molecule has 1 atom stereocenters. The zero-order valence-corrected chi connectivity index (χ0v) is 21.6. The van der Waals surface area contributed by atoms with Crippen molar-refractivity contribution in [2.24, 2.45) is 0 Å². The van der Waals surface area contributed by atoms with Crippen LogP contribution in [0.5, 0.6) is 0 Å². The number of hydrogen-bond acceptors (Lipinski definition) is 5. The highest BCUT2D eigenvalue weighted by atomic mass is 15.1. The number of anilines is 2. The molecular weight excluding hydrogens is 456 g/mol. The van der Waals surface area contributed by atoms with Crippen LogP contribution in [0.15, 0.2) is 61.1 Å². The molecule has 188 valence electrons. The molecule has 0 bridgehead atoms. The molecule has 5 rings (SSSR count). The third-order valence-electron chi connectivity index (χ3n) is 7.45. The van der Waals surface area contributed by atoms with Gasteiger partial charge >= 0.3 is 0 Å². The van der Waals surface area contributed by atoms with Crippen molar-refractivity contribution >= 4 is 34.4 Å². The molecule has 2 aromatic heterocycles. The summed E-state index contributed by atoms with van der Waals surface area (Å²) < 4.78 is 0. The Hall–Kier alpha value is -3.92. The smallest absolute Gasteiger partial charge is 0.103 e. The molecule has 0 aliphatic carbocycles. The van der Waals surface area contributed by atoms with E-state index in [0.29, 0.717) is 5.56 Å². The first kappa shape index (κ1) is 24.8. The molecule has 6 nitrogen and oxygen atoms in total. The molecule has 1 saturated heterocycles. The predicted molar refractivity (Wildman–Crippen MR) is 153 cm³/mol. The van der Waals surface area contributed by atoms with Gasteiger partial charge in [-0.05, 0) is 81.2 Å². The van der Waals surface area contributed by atoms with E-state index in [-0.39, 0.29) is 0 Å². The molecule has 6 heteroatoms. The van der Waals surface area contributed by atoms with E-state index < -0.39 is 0 Å². The Morgan fingerprint density at radius 1 is 1.14 bits per heavy atom. The third kappa shape index (κ3) is 5.75. The van der Waals surface area contributed by atoms with Crippen LogP contribution in [0.1, 0.15) is 47.1 Å². The van der Waals surface area contributed by atoms with Gasteiger partial charge in [-0.2, -0.15) is 5.26 Å². The van der Waals surface area contributed by atoms with Crippen LogP contribution in [0, 0.1) is 18.3 Å². The van der Waals surface area contributed by atoms with Crippen LogP contribution >= 0.6 is 0 Å². The minimum atomic E-state index is 0.515. The molecule has 0 saturated carbocycles. The van der Waals surface area contributed by atoms with E-state index >= 15 is 0 Å². The lowest BCUT2D eigenvalue weighted by molar-refractivity contribution is 0.293. The van der Waals surface area contributed by atoms with Crippen molar-refractivity contribution in [3.8, 4) is 6.07 Å². The van der Waals surface area contributed by atoms with Gasteiger partial charge in [-0.3, -0.25) is 4.98 Å². The van der Waals surface area contributed by atoms with Gasteiger partial charge in [0.05, 0.1) is 11.3 Å². The van der Waals surface area contributed by atoms with E-state index in [0.717, 1.165) is 58.1 Å². The summed E-state index contributed by atoms with van der Waals surface area (Å²) in [5.41, 5.74) is 7.74. The van der Waals surface area contributed by atoms with Gasteiger partial charge in [0.1, 0.15) is 6.07 Å². The summed E-state index contributed by atoms with van der Waals surface area (Å²) in [4.78, 5) is 10.0. The Morgan fingerprint density at radius 2 is 2.00 bits per heavy atom. The van der Waals surface area contributed by atoms with E-state index in [1.165, 1.54) is 31.4 Å². The number of H-pyrrole nitrogens is 1. The summed E-state index contributed by atoms with van der Waals surface area (Å²) >= 11 is 0. The SMILES string of the molecule is Cc1c(Nc2c(C#N)cncc2C=Cc2ccc(CNCCC3CCCN3C)cc2)ccc2[nH]ccc12. The van der Waals surface area contributed by atoms with Gasteiger partial charge in [-0.1, -0.05) is 36.4 Å². The summed E-state index contributed by atoms with van der Waals surface area (Å²) in [6, 6.07) is 17.8. The largest absolute Gasteiger partial charge is 0.361 e. The number of hydrogen-bond donors (Lipinski definition) is 3. The molecule has 1 aliphatic rings. The van der Waals surface area contributed by atoms with Crippen molar-refractivity contribution in [1.29, 1.82) is 5.26 Å². The molecule has 37 heavy (non-hydrogen) atoms. The van der Waals surface area contributed by atoms with Crippen LogP contribution in [-0.2, 0) is 6.54 Å². The van der Waals surface area contributed by atoms with E-state index in [9.17, 15) is 5.26 Å². The minimum Gasteiger partial charge on any atom is -0.361 e. The normalized spacial score (nSPS) is 16.0. The van der Waals surface area contributed by atoms with Gasteiger partial charge in [0, 0.05) is 53.3 Å². The molecule has 1 fully saturated rings. The molecule has 0 amide bonds. The average molecular weight is 491 g/mol. The number of aromatic amines is 1. The number of rotatable bonds is 9. The first-order valence-electron chi connectivity index (χ1n) is 13.0. The average Bonchev–Trinajstić information content (AvgIpc) is 3.57. The quantitative estimate of drug-likeness (QED) is 0.242. The minimum absolute atomic E-state index is 0.515. The molecule has 1 aliphatic heterocycles. The number of fused-ring (bicyclic) bond motifs is 1. The monoisotopic (exact) mass is 490 g/mol. The Morgan fingerprint density at radius 3 is 2.78 bits per heavy atom. The fraction of sp³-hybridized carbons (Fsp3) is 0.290. The summed E-state index contributed by atoms with van der Waals surface area (Å²) in [6.07, 6.45) is 13.3. The maximum absolute atomic E-state index is 9.74. The molecule has 2 aromatic carbocycles. The number of aryl methyl sites for hydroxylation is 1. The Balaban J connectivity index is 1.25. The number of nitriles is 1. The van der Waals surface area contributed by atoms with Crippen LogP contribution in [0.25, 0.3) is 23.1 Å². The van der Waals surface area contributed by atoms with Crippen molar-refractivity contribution in [1.82, 2.24) is 20.2 Å². The van der Waals surface area contributed by atoms with Gasteiger partial charge in [-0.15, -0.1) is 0 Å². The summed E-state index contributed by atoms with van der Waals surface area (Å²) in [5, 5.41) is 18.0. The fourth-order valence-electron chi connectivity index (χ4n) is 5.16. The highest BCUT2D eigenvalue weighted by Gasteiger charge is 2.19. The standard InChI is InChI=1S/C31H34N6/c1-22-28-14-16-35-30(28)12-11-29(22)36-31-25(20-34-21-26(31)18-32)10-9-23-5-7-24(8-6-23)19-33-15-13-27-4-3-17-37(27)2/h5-12,14,16,20-21,27,33,35H,3-4,13,15,17,19H2,1-2H3,(H,34,36). The Kier molecular flexibility index (Phi) is 7.65. The zero-order valence-electron chi connectivity index (χ0n) is 21.6.